The van der Waals surface area contributed by atoms with E-state index in [9.17, 15) is 0 Å². The van der Waals surface area contributed by atoms with Crippen molar-refractivity contribution in [2.24, 2.45) is 0 Å². The third-order valence-corrected chi connectivity index (χ3v) is 10.5. The monoisotopic (exact) mass is 713 g/mol. The highest BCUT2D eigenvalue weighted by atomic mass is 14.9. The molecule has 0 atom stereocenters. The van der Waals surface area contributed by atoms with Crippen molar-refractivity contribution < 1.29 is 0 Å². The van der Waals surface area contributed by atoms with Gasteiger partial charge in [-0.15, -0.1) is 0 Å². The third-order valence-electron chi connectivity index (χ3n) is 10.5. The first kappa shape index (κ1) is 33.1. The summed E-state index contributed by atoms with van der Waals surface area (Å²) in [6.45, 7) is 0. The van der Waals surface area contributed by atoms with E-state index in [1.807, 2.05) is 42.5 Å². The van der Waals surface area contributed by atoms with Gasteiger partial charge in [0.15, 0.2) is 5.82 Å². The summed E-state index contributed by atoms with van der Waals surface area (Å²) in [4.78, 5) is 15.2. The van der Waals surface area contributed by atoms with E-state index in [1.165, 1.54) is 38.4 Å². The summed E-state index contributed by atoms with van der Waals surface area (Å²) in [6, 6.07) is 74.6. The fourth-order valence-electron chi connectivity index (χ4n) is 7.63. The number of hydrogen-bond acceptors (Lipinski definition) is 3. The van der Waals surface area contributed by atoms with Gasteiger partial charge in [0.1, 0.15) is 0 Å². The second kappa shape index (κ2) is 14.4. The van der Waals surface area contributed by atoms with Crippen molar-refractivity contribution in [2.45, 2.75) is 0 Å². The Morgan fingerprint density at radius 3 is 1.38 bits per heavy atom. The standard InChI is InChI=1S/C53H35N3/c1-5-14-38(15-6-1)47-34-49(39-16-7-2-8-17-39)54-48-31-29-44-32-43(28-30-46(44)52(47)48)37-26-24-36(25-27-37)42-22-13-23-45(33-42)51-35-50(40-18-9-3-10-19-40)55-53(56-51)41-20-11-4-12-21-41/h1-35H. The maximum atomic E-state index is 5.16. The molecular formula is C53H35N3. The zero-order valence-electron chi connectivity index (χ0n) is 30.5. The number of pyridine rings is 1. The first-order valence-electron chi connectivity index (χ1n) is 18.9. The molecule has 8 aromatic carbocycles. The van der Waals surface area contributed by atoms with Crippen LogP contribution in [0.3, 0.4) is 0 Å². The number of fused-ring (bicyclic) bond motifs is 3. The Bertz CT molecular complexity index is 2920. The van der Waals surface area contributed by atoms with Gasteiger partial charge in [0.05, 0.1) is 22.6 Å². The van der Waals surface area contributed by atoms with Crippen LogP contribution in [0, 0.1) is 0 Å². The molecule has 10 rings (SSSR count). The van der Waals surface area contributed by atoms with Gasteiger partial charge in [-0.25, -0.2) is 15.0 Å². The van der Waals surface area contributed by atoms with E-state index in [0.717, 1.165) is 56.0 Å². The molecule has 0 aliphatic heterocycles. The summed E-state index contributed by atoms with van der Waals surface area (Å²) in [7, 11) is 0. The highest BCUT2D eigenvalue weighted by Crippen LogP contribution is 2.38. The van der Waals surface area contributed by atoms with Crippen LogP contribution in [0.15, 0.2) is 212 Å². The maximum Gasteiger partial charge on any atom is 0.160 e. The fourth-order valence-corrected chi connectivity index (χ4v) is 7.63. The lowest BCUT2D eigenvalue weighted by Crippen LogP contribution is -1.96. The van der Waals surface area contributed by atoms with Crippen LogP contribution in [0.5, 0.6) is 0 Å². The Kier molecular flexibility index (Phi) is 8.51. The molecule has 0 aliphatic rings. The zero-order chi connectivity index (χ0) is 37.3. The summed E-state index contributed by atoms with van der Waals surface area (Å²) in [5.41, 5.74) is 15.0. The van der Waals surface area contributed by atoms with Crippen molar-refractivity contribution in [3.8, 4) is 78.5 Å². The molecule has 2 aromatic heterocycles. The lowest BCUT2D eigenvalue weighted by atomic mass is 9.92. The maximum absolute atomic E-state index is 5.16. The van der Waals surface area contributed by atoms with Crippen LogP contribution in [0.1, 0.15) is 0 Å². The van der Waals surface area contributed by atoms with Gasteiger partial charge in [0, 0.05) is 27.6 Å². The molecular weight excluding hydrogens is 679 g/mol. The minimum absolute atomic E-state index is 0.713. The number of nitrogens with zero attached hydrogens (tertiary/aromatic N) is 3. The molecule has 0 amide bonds. The minimum atomic E-state index is 0.713. The van der Waals surface area contributed by atoms with Crippen LogP contribution in [-0.4, -0.2) is 15.0 Å². The van der Waals surface area contributed by atoms with Gasteiger partial charge in [-0.2, -0.15) is 0 Å². The van der Waals surface area contributed by atoms with Crippen LogP contribution in [0.2, 0.25) is 0 Å². The highest BCUT2D eigenvalue weighted by Gasteiger charge is 2.15. The summed E-state index contributed by atoms with van der Waals surface area (Å²) in [6.07, 6.45) is 0. The molecule has 0 saturated heterocycles. The molecule has 0 N–H and O–H groups in total. The Hall–Kier alpha value is -7.49. The summed E-state index contributed by atoms with van der Waals surface area (Å²) >= 11 is 0. The van der Waals surface area contributed by atoms with Crippen molar-refractivity contribution in [3.05, 3.63) is 212 Å². The fraction of sp³-hybridized carbons (Fsp3) is 0. The highest BCUT2D eigenvalue weighted by molar-refractivity contribution is 6.14. The van der Waals surface area contributed by atoms with Gasteiger partial charge in [0.25, 0.3) is 0 Å². The SMILES string of the molecule is c1ccc(-c2cc(-c3cccc(-c4ccc(-c5ccc6c(ccc7nc(-c8ccccc8)cc(-c8ccccc8)c76)c5)cc4)c3)nc(-c3ccccc3)n2)cc1. The van der Waals surface area contributed by atoms with Crippen molar-refractivity contribution >= 4 is 21.7 Å². The molecule has 3 heteroatoms. The van der Waals surface area contributed by atoms with E-state index in [2.05, 4.69) is 170 Å². The summed E-state index contributed by atoms with van der Waals surface area (Å²) in [5, 5.41) is 3.56. The summed E-state index contributed by atoms with van der Waals surface area (Å²) < 4.78 is 0. The molecule has 0 bridgehead atoms. The Labute approximate surface area is 326 Å². The summed E-state index contributed by atoms with van der Waals surface area (Å²) in [5.74, 6) is 0.713. The van der Waals surface area contributed by atoms with E-state index in [1.54, 1.807) is 0 Å². The number of rotatable bonds is 7. The second-order valence-electron chi connectivity index (χ2n) is 14.0. The van der Waals surface area contributed by atoms with Gasteiger partial charge in [0.2, 0.25) is 0 Å². The molecule has 0 unspecified atom stereocenters. The predicted octanol–water partition coefficient (Wildman–Crippen LogP) is 13.8. The molecule has 0 radical (unpaired) electrons. The average molecular weight is 714 g/mol. The minimum Gasteiger partial charge on any atom is -0.248 e. The van der Waals surface area contributed by atoms with Gasteiger partial charge in [-0.3, -0.25) is 0 Å². The second-order valence-corrected chi connectivity index (χ2v) is 14.0. The molecule has 0 saturated carbocycles. The average Bonchev–Trinajstić information content (AvgIpc) is 3.29. The molecule has 3 nitrogen and oxygen atoms in total. The normalized spacial score (nSPS) is 11.2. The van der Waals surface area contributed by atoms with Gasteiger partial charge < -0.3 is 0 Å². The molecule has 262 valence electrons. The quantitative estimate of drug-likeness (QED) is 0.154. The van der Waals surface area contributed by atoms with E-state index in [-0.39, 0.29) is 0 Å². The third kappa shape index (κ3) is 6.42. The van der Waals surface area contributed by atoms with Crippen LogP contribution in [0.25, 0.3) is 100 Å². The molecule has 0 aliphatic carbocycles. The first-order valence-corrected chi connectivity index (χ1v) is 18.9. The molecule has 56 heavy (non-hydrogen) atoms. The number of benzene rings is 8. The van der Waals surface area contributed by atoms with Crippen molar-refractivity contribution in [3.63, 3.8) is 0 Å². The zero-order valence-corrected chi connectivity index (χ0v) is 30.5. The van der Waals surface area contributed by atoms with Crippen LogP contribution >= 0.6 is 0 Å². The lowest BCUT2D eigenvalue weighted by Gasteiger charge is -2.14. The Morgan fingerprint density at radius 1 is 0.268 bits per heavy atom. The van der Waals surface area contributed by atoms with Crippen LogP contribution < -0.4 is 0 Å². The molecule has 0 fully saturated rings. The Balaban J connectivity index is 0.996. The van der Waals surface area contributed by atoms with E-state index in [4.69, 9.17) is 15.0 Å². The topological polar surface area (TPSA) is 38.7 Å². The molecule has 0 spiro atoms. The van der Waals surface area contributed by atoms with Crippen molar-refractivity contribution in [2.75, 3.05) is 0 Å². The van der Waals surface area contributed by atoms with Crippen molar-refractivity contribution in [1.82, 2.24) is 15.0 Å². The molecule has 10 aromatic rings. The predicted molar refractivity (Wildman–Crippen MR) is 233 cm³/mol. The smallest absolute Gasteiger partial charge is 0.160 e. The van der Waals surface area contributed by atoms with E-state index >= 15 is 0 Å². The van der Waals surface area contributed by atoms with E-state index < -0.39 is 0 Å². The van der Waals surface area contributed by atoms with Crippen LogP contribution in [-0.2, 0) is 0 Å². The lowest BCUT2D eigenvalue weighted by molar-refractivity contribution is 1.18. The number of aromatic nitrogens is 3. The van der Waals surface area contributed by atoms with Gasteiger partial charge in [-0.05, 0) is 74.5 Å². The Morgan fingerprint density at radius 2 is 0.750 bits per heavy atom. The number of hydrogen-bond donors (Lipinski definition) is 0. The largest absolute Gasteiger partial charge is 0.248 e. The first-order chi connectivity index (χ1) is 27.7. The van der Waals surface area contributed by atoms with Crippen molar-refractivity contribution in [1.29, 1.82) is 0 Å². The van der Waals surface area contributed by atoms with Crippen LogP contribution in [0.4, 0.5) is 0 Å². The molecule has 2 heterocycles. The van der Waals surface area contributed by atoms with E-state index in [0.29, 0.717) is 5.82 Å². The van der Waals surface area contributed by atoms with Gasteiger partial charge in [-0.1, -0.05) is 182 Å². The van der Waals surface area contributed by atoms with Gasteiger partial charge >= 0.3 is 0 Å².